The zero-order valence-corrected chi connectivity index (χ0v) is 14.7. The molecule has 4 heterocycles. The number of halogens is 1. The number of fused-ring (bicyclic) bond motifs is 1. The van der Waals surface area contributed by atoms with Gasteiger partial charge in [0.15, 0.2) is 0 Å². The minimum Gasteiger partial charge on any atom is -0.368 e. The Bertz CT molecular complexity index is 681. The maximum Gasteiger partial charge on any atom is 0.229 e. The van der Waals surface area contributed by atoms with Crippen molar-refractivity contribution in [1.82, 2.24) is 10.2 Å². The molecule has 2 bridgehead atoms. The fourth-order valence-electron chi connectivity index (χ4n) is 4.42. The summed E-state index contributed by atoms with van der Waals surface area (Å²) in [6, 6.07) is 3.71. The van der Waals surface area contributed by atoms with Gasteiger partial charge in [0, 0.05) is 18.0 Å². The highest BCUT2D eigenvalue weighted by molar-refractivity contribution is 7.16. The summed E-state index contributed by atoms with van der Waals surface area (Å²) in [5.41, 5.74) is 5.12. The van der Waals surface area contributed by atoms with Gasteiger partial charge in [-0.2, -0.15) is 0 Å². The van der Waals surface area contributed by atoms with Gasteiger partial charge in [-0.25, -0.2) is 0 Å². The molecule has 3 aliphatic rings. The number of ether oxygens (including phenoxy) is 1. The van der Waals surface area contributed by atoms with Gasteiger partial charge in [0.05, 0.1) is 41.0 Å². The number of nitrogens with two attached hydrogens (primary N) is 1. The average molecular weight is 370 g/mol. The number of amides is 2. The third-order valence-corrected chi connectivity index (χ3v) is 6.60. The normalized spacial score (nSPS) is 34.0. The molecule has 3 saturated heterocycles. The van der Waals surface area contributed by atoms with Gasteiger partial charge >= 0.3 is 0 Å². The number of hydrogen-bond acceptors (Lipinski definition) is 5. The molecule has 3 fully saturated rings. The Morgan fingerprint density at radius 3 is 3.08 bits per heavy atom. The van der Waals surface area contributed by atoms with Crippen molar-refractivity contribution >= 4 is 34.8 Å². The van der Waals surface area contributed by atoms with Crippen LogP contribution in [-0.2, 0) is 20.9 Å². The molecule has 3 N–H and O–H groups in total. The molecule has 0 radical (unpaired) electrons. The van der Waals surface area contributed by atoms with Crippen LogP contribution in [0, 0.1) is 11.8 Å². The van der Waals surface area contributed by atoms with Crippen molar-refractivity contribution in [2.45, 2.75) is 31.1 Å². The molecule has 1 spiro atoms. The van der Waals surface area contributed by atoms with E-state index in [0.29, 0.717) is 30.5 Å². The summed E-state index contributed by atoms with van der Waals surface area (Å²) in [5, 5.41) is 2.95. The molecule has 3 aliphatic heterocycles. The van der Waals surface area contributed by atoms with Gasteiger partial charge in [-0.15, -0.1) is 11.3 Å². The van der Waals surface area contributed by atoms with Crippen LogP contribution in [0.3, 0.4) is 0 Å². The summed E-state index contributed by atoms with van der Waals surface area (Å²) in [5.74, 6) is -0.847. The highest BCUT2D eigenvalue weighted by Crippen LogP contribution is 2.55. The third kappa shape index (κ3) is 2.45. The summed E-state index contributed by atoms with van der Waals surface area (Å²) in [6.07, 6.45) is 1.54. The smallest absolute Gasteiger partial charge is 0.229 e. The van der Waals surface area contributed by atoms with Crippen LogP contribution in [0.2, 0.25) is 4.34 Å². The van der Waals surface area contributed by atoms with E-state index >= 15 is 0 Å². The highest BCUT2D eigenvalue weighted by Gasteiger charge is 2.68. The molecule has 0 saturated carbocycles. The van der Waals surface area contributed by atoms with Crippen molar-refractivity contribution in [2.75, 3.05) is 19.6 Å². The first-order valence-corrected chi connectivity index (χ1v) is 9.42. The Balaban J connectivity index is 1.49. The topological polar surface area (TPSA) is 84.7 Å². The lowest BCUT2D eigenvalue weighted by Gasteiger charge is -2.26. The van der Waals surface area contributed by atoms with E-state index in [1.807, 2.05) is 12.1 Å². The van der Waals surface area contributed by atoms with E-state index in [9.17, 15) is 9.59 Å². The van der Waals surface area contributed by atoms with Crippen LogP contribution < -0.4 is 11.1 Å². The molecule has 130 valence electrons. The number of likely N-dealkylation sites (tertiary alicyclic amines) is 1. The SMILES string of the molecule is NCCN1C[C@@]23CC[C@@H](O2)[C@@H](C(=O)NCc2ccc(Cl)s2)[C@H]3C1=O. The van der Waals surface area contributed by atoms with Gasteiger partial charge in [0.25, 0.3) is 0 Å². The predicted molar refractivity (Wildman–Crippen MR) is 90.6 cm³/mol. The lowest BCUT2D eigenvalue weighted by atomic mass is 9.73. The molecule has 8 heteroatoms. The van der Waals surface area contributed by atoms with Crippen molar-refractivity contribution in [3.63, 3.8) is 0 Å². The number of carbonyl (C=O) groups excluding carboxylic acids is 2. The van der Waals surface area contributed by atoms with E-state index < -0.39 is 11.5 Å². The van der Waals surface area contributed by atoms with Crippen molar-refractivity contribution < 1.29 is 14.3 Å². The van der Waals surface area contributed by atoms with Crippen LogP contribution in [0.4, 0.5) is 0 Å². The number of thiophene rings is 1. The van der Waals surface area contributed by atoms with E-state index in [2.05, 4.69) is 5.32 Å². The molecule has 24 heavy (non-hydrogen) atoms. The number of nitrogens with one attached hydrogen (secondary N) is 1. The van der Waals surface area contributed by atoms with Crippen molar-refractivity contribution in [2.24, 2.45) is 17.6 Å². The Labute approximate surface area is 149 Å². The first-order valence-electron chi connectivity index (χ1n) is 8.23. The Morgan fingerprint density at radius 2 is 2.38 bits per heavy atom. The second-order valence-corrected chi connectivity index (χ2v) is 8.53. The zero-order chi connectivity index (χ0) is 16.9. The van der Waals surface area contributed by atoms with Gasteiger partial charge in [-0.3, -0.25) is 9.59 Å². The van der Waals surface area contributed by atoms with E-state index in [0.717, 1.165) is 17.7 Å². The molecule has 0 unspecified atom stereocenters. The number of hydrogen-bond donors (Lipinski definition) is 2. The summed E-state index contributed by atoms with van der Waals surface area (Å²) >= 11 is 7.36. The van der Waals surface area contributed by atoms with Crippen molar-refractivity contribution in [3.8, 4) is 0 Å². The van der Waals surface area contributed by atoms with Crippen LogP contribution in [0.5, 0.6) is 0 Å². The van der Waals surface area contributed by atoms with Gasteiger partial charge < -0.3 is 20.7 Å². The molecule has 1 aromatic rings. The number of nitrogens with zero attached hydrogens (tertiary/aromatic N) is 1. The summed E-state index contributed by atoms with van der Waals surface area (Å²) in [7, 11) is 0. The van der Waals surface area contributed by atoms with Crippen LogP contribution in [0.15, 0.2) is 12.1 Å². The molecule has 4 atom stereocenters. The third-order valence-electron chi connectivity index (χ3n) is 5.37. The van der Waals surface area contributed by atoms with E-state index in [4.69, 9.17) is 22.1 Å². The molecular formula is C16H20ClN3O3S. The summed E-state index contributed by atoms with van der Waals surface area (Å²) in [6.45, 7) is 1.94. The lowest BCUT2D eigenvalue weighted by molar-refractivity contribution is -0.138. The number of rotatable bonds is 5. The first-order chi connectivity index (χ1) is 11.5. The van der Waals surface area contributed by atoms with Crippen LogP contribution >= 0.6 is 22.9 Å². The first kappa shape index (κ1) is 16.3. The molecule has 2 amide bonds. The van der Waals surface area contributed by atoms with Crippen molar-refractivity contribution in [3.05, 3.63) is 21.3 Å². The van der Waals surface area contributed by atoms with Gasteiger partial charge in [-0.1, -0.05) is 11.6 Å². The molecule has 0 aliphatic carbocycles. The van der Waals surface area contributed by atoms with Gasteiger partial charge in [0.2, 0.25) is 11.8 Å². The van der Waals surface area contributed by atoms with E-state index in [1.165, 1.54) is 11.3 Å². The number of carbonyl (C=O) groups is 2. The fraction of sp³-hybridized carbons (Fsp3) is 0.625. The second-order valence-electron chi connectivity index (χ2n) is 6.74. The Kier molecular flexibility index (Phi) is 4.07. The van der Waals surface area contributed by atoms with Gasteiger partial charge in [0.1, 0.15) is 0 Å². The maximum atomic E-state index is 12.7. The van der Waals surface area contributed by atoms with Gasteiger partial charge in [-0.05, 0) is 25.0 Å². The molecule has 0 aromatic carbocycles. The molecule has 6 nitrogen and oxygen atoms in total. The zero-order valence-electron chi connectivity index (χ0n) is 13.2. The maximum absolute atomic E-state index is 12.7. The Hall–Kier alpha value is -1.15. The summed E-state index contributed by atoms with van der Waals surface area (Å²) < 4.78 is 6.84. The molecule has 1 aromatic heterocycles. The van der Waals surface area contributed by atoms with Crippen LogP contribution in [-0.4, -0.2) is 48.1 Å². The molecular weight excluding hydrogens is 350 g/mol. The van der Waals surface area contributed by atoms with E-state index in [-0.39, 0.29) is 23.8 Å². The second kappa shape index (κ2) is 5.98. The fourth-order valence-corrected chi connectivity index (χ4v) is 5.45. The standard InChI is InChI=1S/C16H20ClN3O3S/c17-11-2-1-9(24-11)7-19-14(21)12-10-3-4-16(23-10)8-20(6-5-18)15(22)13(12)16/h1-2,10,12-13H,3-8,18H2,(H,19,21)/t10-,12-,13+,16-/m1/s1. The van der Waals surface area contributed by atoms with Crippen LogP contribution in [0.25, 0.3) is 0 Å². The monoisotopic (exact) mass is 369 g/mol. The van der Waals surface area contributed by atoms with Crippen LogP contribution in [0.1, 0.15) is 17.7 Å². The van der Waals surface area contributed by atoms with Crippen molar-refractivity contribution in [1.29, 1.82) is 0 Å². The minimum atomic E-state index is -0.481. The lowest BCUT2D eigenvalue weighted by Crippen LogP contribution is -2.45. The minimum absolute atomic E-state index is 0.0157. The average Bonchev–Trinajstić information content (AvgIpc) is 3.28. The molecule has 4 rings (SSSR count). The Morgan fingerprint density at radius 1 is 1.54 bits per heavy atom. The largest absolute Gasteiger partial charge is 0.368 e. The van der Waals surface area contributed by atoms with E-state index in [1.54, 1.807) is 4.90 Å². The quantitative estimate of drug-likeness (QED) is 0.810. The predicted octanol–water partition coefficient (Wildman–Crippen LogP) is 0.982. The highest BCUT2D eigenvalue weighted by atomic mass is 35.5. The summed E-state index contributed by atoms with van der Waals surface area (Å²) in [4.78, 5) is 28.2.